The van der Waals surface area contributed by atoms with Crippen molar-refractivity contribution < 1.29 is 19.0 Å². The van der Waals surface area contributed by atoms with Crippen LogP contribution >= 0.6 is 0 Å². The first kappa shape index (κ1) is 16.0. The number of hydrogen-bond acceptors (Lipinski definition) is 2. The van der Waals surface area contributed by atoms with Crippen molar-refractivity contribution in [1.29, 1.82) is 0 Å². The van der Waals surface area contributed by atoms with Gasteiger partial charge in [0, 0.05) is 5.56 Å². The van der Waals surface area contributed by atoms with Gasteiger partial charge in [-0.05, 0) is 36.1 Å². The first-order chi connectivity index (χ1) is 10.6. The maximum absolute atomic E-state index is 13.9. The maximum atomic E-state index is 13.9. The Morgan fingerprint density at radius 2 is 2.00 bits per heavy atom. The van der Waals surface area contributed by atoms with Gasteiger partial charge in [0.1, 0.15) is 11.6 Å². The van der Waals surface area contributed by atoms with Gasteiger partial charge >= 0.3 is 5.97 Å². The Balaban J connectivity index is 2.41. The smallest absolute Gasteiger partial charge is 0.311 e. The highest BCUT2D eigenvalue weighted by molar-refractivity contribution is 5.76. The fourth-order valence-corrected chi connectivity index (χ4v) is 2.52. The van der Waals surface area contributed by atoms with Crippen LogP contribution in [0.25, 0.3) is 0 Å². The monoisotopic (exact) mass is 302 g/mol. The van der Waals surface area contributed by atoms with Crippen LogP contribution in [0.4, 0.5) is 4.39 Å². The molecule has 0 amide bonds. The summed E-state index contributed by atoms with van der Waals surface area (Å²) in [5.41, 5.74) is 2.06. The molecule has 1 unspecified atom stereocenters. The zero-order valence-corrected chi connectivity index (χ0v) is 12.7. The molecule has 0 bridgehead atoms. The largest absolute Gasteiger partial charge is 0.496 e. The van der Waals surface area contributed by atoms with Crippen LogP contribution in [0.2, 0.25) is 0 Å². The second kappa shape index (κ2) is 7.07. The predicted molar refractivity (Wildman–Crippen MR) is 82.9 cm³/mol. The molecule has 0 spiro atoms. The number of ether oxygens (including phenoxy) is 1. The van der Waals surface area contributed by atoms with Gasteiger partial charge in [0.25, 0.3) is 0 Å². The van der Waals surface area contributed by atoms with Gasteiger partial charge in [-0.3, -0.25) is 4.79 Å². The Kier molecular flexibility index (Phi) is 5.15. The van der Waals surface area contributed by atoms with E-state index in [4.69, 9.17) is 4.74 Å². The van der Waals surface area contributed by atoms with Crippen molar-refractivity contribution in [3.05, 3.63) is 65.0 Å². The number of carboxylic acids is 1. The third kappa shape index (κ3) is 3.45. The summed E-state index contributed by atoms with van der Waals surface area (Å²) in [6, 6.07) is 11.7. The molecule has 2 rings (SSSR count). The quantitative estimate of drug-likeness (QED) is 0.882. The van der Waals surface area contributed by atoms with E-state index >= 15 is 0 Å². The van der Waals surface area contributed by atoms with Crippen molar-refractivity contribution in [3.8, 4) is 5.75 Å². The summed E-state index contributed by atoms with van der Waals surface area (Å²) in [4.78, 5) is 11.6. The molecule has 22 heavy (non-hydrogen) atoms. The average Bonchev–Trinajstić information content (AvgIpc) is 2.53. The Bertz CT molecular complexity index is 667. The average molecular weight is 302 g/mol. The zero-order chi connectivity index (χ0) is 16.1. The van der Waals surface area contributed by atoms with Crippen LogP contribution in [0.3, 0.4) is 0 Å². The number of rotatable bonds is 6. The van der Waals surface area contributed by atoms with Crippen molar-refractivity contribution in [1.82, 2.24) is 0 Å². The standard InChI is InChI=1S/C18H19FO3/c1-3-12-8-9-17(22-2)13(10-12)11-15(18(20)21)14-6-4-5-7-16(14)19/h4-10,15H,3,11H2,1-2H3,(H,20,21). The summed E-state index contributed by atoms with van der Waals surface area (Å²) in [6.45, 7) is 2.02. The van der Waals surface area contributed by atoms with E-state index in [9.17, 15) is 14.3 Å². The lowest BCUT2D eigenvalue weighted by Crippen LogP contribution is -2.16. The summed E-state index contributed by atoms with van der Waals surface area (Å²) in [6.07, 6.45) is 1.03. The van der Waals surface area contributed by atoms with Crippen molar-refractivity contribution in [2.24, 2.45) is 0 Å². The van der Waals surface area contributed by atoms with Crippen molar-refractivity contribution in [2.45, 2.75) is 25.7 Å². The zero-order valence-electron chi connectivity index (χ0n) is 12.7. The Morgan fingerprint density at radius 3 is 2.59 bits per heavy atom. The molecule has 0 aromatic heterocycles. The first-order valence-corrected chi connectivity index (χ1v) is 7.19. The van der Waals surface area contributed by atoms with Gasteiger partial charge in [0.15, 0.2) is 0 Å². The van der Waals surface area contributed by atoms with Gasteiger partial charge in [0.2, 0.25) is 0 Å². The first-order valence-electron chi connectivity index (χ1n) is 7.19. The number of aliphatic carboxylic acids is 1. The highest BCUT2D eigenvalue weighted by Gasteiger charge is 2.24. The fraction of sp³-hybridized carbons (Fsp3) is 0.278. The Labute approximate surface area is 129 Å². The van der Waals surface area contributed by atoms with E-state index in [0.29, 0.717) is 5.75 Å². The number of carboxylic acid groups (broad SMARTS) is 1. The van der Waals surface area contributed by atoms with E-state index in [1.165, 1.54) is 12.1 Å². The number of aryl methyl sites for hydroxylation is 1. The molecule has 0 aliphatic heterocycles. The molecule has 116 valence electrons. The molecule has 0 fully saturated rings. The van der Waals surface area contributed by atoms with Gasteiger partial charge in [-0.25, -0.2) is 4.39 Å². The summed E-state index contributed by atoms with van der Waals surface area (Å²) >= 11 is 0. The fourth-order valence-electron chi connectivity index (χ4n) is 2.52. The van der Waals surface area contributed by atoms with Crippen LogP contribution in [0.15, 0.2) is 42.5 Å². The topological polar surface area (TPSA) is 46.5 Å². The molecule has 0 radical (unpaired) electrons. The molecule has 3 nitrogen and oxygen atoms in total. The minimum atomic E-state index is -1.05. The third-order valence-corrected chi connectivity index (χ3v) is 3.76. The molecular weight excluding hydrogens is 283 g/mol. The molecule has 1 N–H and O–H groups in total. The van der Waals surface area contributed by atoms with Crippen LogP contribution < -0.4 is 4.74 Å². The molecule has 0 heterocycles. The number of benzene rings is 2. The number of methoxy groups -OCH3 is 1. The van der Waals surface area contributed by atoms with Gasteiger partial charge in [-0.15, -0.1) is 0 Å². The molecule has 1 atom stereocenters. The van der Waals surface area contributed by atoms with E-state index in [1.54, 1.807) is 19.2 Å². The number of carbonyl (C=O) groups is 1. The predicted octanol–water partition coefficient (Wildman–Crippen LogP) is 3.81. The molecule has 0 saturated carbocycles. The Hall–Kier alpha value is -2.36. The molecule has 4 heteroatoms. The molecule has 0 aliphatic carbocycles. The summed E-state index contributed by atoms with van der Waals surface area (Å²) in [5.74, 6) is -1.86. The van der Waals surface area contributed by atoms with E-state index in [2.05, 4.69) is 0 Å². The lowest BCUT2D eigenvalue weighted by molar-refractivity contribution is -0.138. The van der Waals surface area contributed by atoms with Crippen LogP contribution in [-0.4, -0.2) is 18.2 Å². The van der Waals surface area contributed by atoms with E-state index < -0.39 is 17.7 Å². The van der Waals surface area contributed by atoms with Gasteiger partial charge in [0.05, 0.1) is 13.0 Å². The third-order valence-electron chi connectivity index (χ3n) is 3.76. The van der Waals surface area contributed by atoms with Crippen molar-refractivity contribution in [3.63, 3.8) is 0 Å². The highest BCUT2D eigenvalue weighted by Crippen LogP contribution is 2.29. The minimum absolute atomic E-state index is 0.188. The molecule has 2 aromatic carbocycles. The molecule has 2 aromatic rings. The highest BCUT2D eigenvalue weighted by atomic mass is 19.1. The van der Waals surface area contributed by atoms with Crippen molar-refractivity contribution >= 4 is 5.97 Å². The van der Waals surface area contributed by atoms with Gasteiger partial charge in [-0.1, -0.05) is 37.3 Å². The molecule has 0 saturated heterocycles. The van der Waals surface area contributed by atoms with E-state index in [0.717, 1.165) is 17.5 Å². The second-order valence-electron chi connectivity index (χ2n) is 5.12. The van der Waals surface area contributed by atoms with Crippen LogP contribution in [0.1, 0.15) is 29.5 Å². The number of hydrogen-bond donors (Lipinski definition) is 1. The summed E-state index contributed by atoms with van der Waals surface area (Å²) < 4.78 is 19.2. The minimum Gasteiger partial charge on any atom is -0.496 e. The Morgan fingerprint density at radius 1 is 1.27 bits per heavy atom. The van der Waals surface area contributed by atoms with Crippen LogP contribution in [0.5, 0.6) is 5.75 Å². The lowest BCUT2D eigenvalue weighted by atomic mass is 9.90. The van der Waals surface area contributed by atoms with Gasteiger partial charge in [-0.2, -0.15) is 0 Å². The van der Waals surface area contributed by atoms with E-state index in [-0.39, 0.29) is 12.0 Å². The SMILES string of the molecule is CCc1ccc(OC)c(CC(C(=O)O)c2ccccc2F)c1. The van der Waals surface area contributed by atoms with Crippen LogP contribution in [0, 0.1) is 5.82 Å². The van der Waals surface area contributed by atoms with Gasteiger partial charge < -0.3 is 9.84 Å². The summed E-state index contributed by atoms with van der Waals surface area (Å²) in [7, 11) is 1.54. The normalized spacial score (nSPS) is 12.0. The maximum Gasteiger partial charge on any atom is 0.311 e. The number of halogens is 1. The summed E-state index contributed by atoms with van der Waals surface area (Å²) in [5, 5.41) is 9.50. The molecule has 0 aliphatic rings. The van der Waals surface area contributed by atoms with Crippen LogP contribution in [-0.2, 0) is 17.6 Å². The lowest BCUT2D eigenvalue weighted by Gasteiger charge is -2.16. The molecular formula is C18H19FO3. The van der Waals surface area contributed by atoms with Crippen molar-refractivity contribution in [2.75, 3.05) is 7.11 Å². The van der Waals surface area contributed by atoms with E-state index in [1.807, 2.05) is 25.1 Å². The second-order valence-corrected chi connectivity index (χ2v) is 5.12.